The zero-order valence-corrected chi connectivity index (χ0v) is 18.1. The van der Waals surface area contributed by atoms with Crippen LogP contribution in [-0.4, -0.2) is 30.1 Å². The monoisotopic (exact) mass is 457 g/mol. The molecular formula is C24H22F3N3O3. The number of nitrogens with zero attached hydrogens (tertiary/aromatic N) is 3. The molecule has 1 aliphatic rings. The van der Waals surface area contributed by atoms with E-state index in [1.54, 1.807) is 7.05 Å². The van der Waals surface area contributed by atoms with Crippen LogP contribution in [0.4, 0.5) is 18.9 Å². The molecule has 172 valence electrons. The maximum atomic E-state index is 12.8. The molecule has 0 unspecified atom stereocenters. The summed E-state index contributed by atoms with van der Waals surface area (Å²) in [7, 11) is 1.67. The first kappa shape index (κ1) is 22.5. The zero-order chi connectivity index (χ0) is 23.8. The summed E-state index contributed by atoms with van der Waals surface area (Å²) in [4.78, 5) is 14.9. The fraction of sp³-hybridized carbons (Fsp3) is 0.333. The second kappa shape index (κ2) is 8.70. The maximum absolute atomic E-state index is 12.8. The van der Waals surface area contributed by atoms with Gasteiger partial charge in [-0.15, -0.1) is 13.2 Å². The predicted molar refractivity (Wildman–Crippen MR) is 118 cm³/mol. The molecule has 0 bridgehead atoms. The molecule has 1 aliphatic heterocycles. The summed E-state index contributed by atoms with van der Waals surface area (Å²) in [6.45, 7) is 3.10. The minimum atomic E-state index is -4.74. The zero-order valence-electron chi connectivity index (χ0n) is 18.1. The first-order chi connectivity index (χ1) is 15.7. The third-order valence-electron chi connectivity index (χ3n) is 5.76. The van der Waals surface area contributed by atoms with E-state index in [1.807, 2.05) is 30.0 Å². The van der Waals surface area contributed by atoms with Crippen LogP contribution in [0.25, 0.3) is 10.9 Å². The minimum absolute atomic E-state index is 0.119. The van der Waals surface area contributed by atoms with Gasteiger partial charge in [0.05, 0.1) is 11.2 Å². The molecule has 0 spiro atoms. The number of alkyl halides is 3. The predicted octanol–water partition coefficient (Wildman–Crippen LogP) is 4.67. The van der Waals surface area contributed by atoms with E-state index in [9.17, 15) is 23.2 Å². The number of halogens is 3. The van der Waals surface area contributed by atoms with E-state index in [-0.39, 0.29) is 23.0 Å². The summed E-state index contributed by atoms with van der Waals surface area (Å²) < 4.78 is 48.2. The molecule has 2 heterocycles. The van der Waals surface area contributed by atoms with Crippen LogP contribution in [0.1, 0.15) is 24.0 Å². The summed E-state index contributed by atoms with van der Waals surface area (Å²) >= 11 is 0. The van der Waals surface area contributed by atoms with Crippen molar-refractivity contribution >= 4 is 16.6 Å². The highest BCUT2D eigenvalue weighted by Crippen LogP contribution is 2.32. The molecule has 0 atom stereocenters. The normalized spacial score (nSPS) is 14.8. The van der Waals surface area contributed by atoms with Crippen molar-refractivity contribution in [2.45, 2.75) is 32.2 Å². The molecule has 3 aromatic rings. The number of hydrogen-bond acceptors (Lipinski definition) is 5. The number of aromatic nitrogens is 1. The Morgan fingerprint density at radius 2 is 1.70 bits per heavy atom. The lowest BCUT2D eigenvalue weighted by Crippen LogP contribution is -2.40. The highest BCUT2D eigenvalue weighted by molar-refractivity contribution is 5.95. The minimum Gasteiger partial charge on any atom is -0.490 e. The van der Waals surface area contributed by atoms with Gasteiger partial charge in [0.25, 0.3) is 5.56 Å². The number of nitriles is 1. The number of aryl methyl sites for hydroxylation is 2. The Morgan fingerprint density at radius 3 is 2.30 bits per heavy atom. The van der Waals surface area contributed by atoms with Crippen LogP contribution in [0.15, 0.2) is 47.3 Å². The summed E-state index contributed by atoms with van der Waals surface area (Å²) in [5, 5.41) is 10.6. The second-order valence-electron chi connectivity index (χ2n) is 8.04. The van der Waals surface area contributed by atoms with Crippen LogP contribution >= 0.6 is 0 Å². The van der Waals surface area contributed by atoms with Gasteiger partial charge < -0.3 is 18.9 Å². The molecular weight excluding hydrogens is 435 g/mol. The lowest BCUT2D eigenvalue weighted by atomic mass is 10.0. The first-order valence-electron chi connectivity index (χ1n) is 10.5. The fourth-order valence-corrected chi connectivity index (χ4v) is 4.17. The third-order valence-corrected chi connectivity index (χ3v) is 5.76. The summed E-state index contributed by atoms with van der Waals surface area (Å²) in [5.41, 5.74) is 2.22. The van der Waals surface area contributed by atoms with Gasteiger partial charge in [-0.2, -0.15) is 5.26 Å². The van der Waals surface area contributed by atoms with Gasteiger partial charge in [0.1, 0.15) is 29.2 Å². The lowest BCUT2D eigenvalue weighted by molar-refractivity contribution is -0.274. The molecule has 1 fully saturated rings. The highest BCUT2D eigenvalue weighted by atomic mass is 19.4. The summed E-state index contributed by atoms with van der Waals surface area (Å²) in [6.07, 6.45) is -3.61. The number of rotatable bonds is 4. The molecule has 1 saturated heterocycles. The van der Waals surface area contributed by atoms with Gasteiger partial charge in [-0.1, -0.05) is 12.1 Å². The van der Waals surface area contributed by atoms with Gasteiger partial charge in [-0.25, -0.2) is 0 Å². The average Bonchev–Trinajstić information content (AvgIpc) is 2.77. The topological polar surface area (TPSA) is 67.5 Å². The van der Waals surface area contributed by atoms with Gasteiger partial charge in [0.2, 0.25) is 0 Å². The number of anilines is 1. The van der Waals surface area contributed by atoms with Gasteiger partial charge >= 0.3 is 6.36 Å². The number of hydrogen-bond donors (Lipinski definition) is 0. The van der Waals surface area contributed by atoms with E-state index in [4.69, 9.17) is 4.74 Å². The number of benzene rings is 2. The van der Waals surface area contributed by atoms with Crippen LogP contribution in [-0.2, 0) is 7.05 Å². The third kappa shape index (κ3) is 4.75. The molecule has 6 nitrogen and oxygen atoms in total. The van der Waals surface area contributed by atoms with Crippen molar-refractivity contribution < 1.29 is 22.6 Å². The molecule has 0 amide bonds. The fourth-order valence-electron chi connectivity index (χ4n) is 4.17. The molecule has 33 heavy (non-hydrogen) atoms. The Kier molecular flexibility index (Phi) is 5.93. The number of ether oxygens (including phenoxy) is 2. The molecule has 0 aliphatic carbocycles. The maximum Gasteiger partial charge on any atom is 0.573 e. The number of piperidine rings is 1. The summed E-state index contributed by atoms with van der Waals surface area (Å²) in [6, 6.07) is 13.2. The van der Waals surface area contributed by atoms with Crippen LogP contribution in [0.2, 0.25) is 0 Å². The van der Waals surface area contributed by atoms with E-state index >= 15 is 0 Å². The smallest absolute Gasteiger partial charge is 0.490 e. The van der Waals surface area contributed by atoms with E-state index in [0.717, 1.165) is 16.5 Å². The standard InChI is InChI=1S/C24H22F3N3O3/c1-15-3-8-19-21(13-15)29(2)23(31)20(14-28)22(19)30-11-9-17(10-12-30)32-16-4-6-18(7-5-16)33-24(25,26)27/h3-8,13,17H,9-12H2,1-2H3. The molecule has 0 N–H and O–H groups in total. The van der Waals surface area contributed by atoms with Gasteiger partial charge in [0, 0.05) is 38.4 Å². The van der Waals surface area contributed by atoms with Crippen molar-refractivity contribution in [3.8, 4) is 17.6 Å². The van der Waals surface area contributed by atoms with Crippen LogP contribution < -0.4 is 19.9 Å². The second-order valence-corrected chi connectivity index (χ2v) is 8.04. The Balaban J connectivity index is 1.51. The molecule has 2 aromatic carbocycles. The van der Waals surface area contributed by atoms with Crippen molar-refractivity contribution in [3.63, 3.8) is 0 Å². The largest absolute Gasteiger partial charge is 0.573 e. The van der Waals surface area contributed by atoms with Gasteiger partial charge in [-0.3, -0.25) is 4.79 Å². The highest BCUT2D eigenvalue weighted by Gasteiger charge is 2.31. The van der Waals surface area contributed by atoms with Crippen LogP contribution in [0.5, 0.6) is 11.5 Å². The van der Waals surface area contributed by atoms with Gasteiger partial charge in [0.15, 0.2) is 0 Å². The quantitative estimate of drug-likeness (QED) is 0.570. The van der Waals surface area contributed by atoms with Crippen molar-refractivity contribution in [1.82, 2.24) is 4.57 Å². The Bertz CT molecular complexity index is 1270. The Labute approximate surface area is 188 Å². The summed E-state index contributed by atoms with van der Waals surface area (Å²) in [5.74, 6) is 0.150. The van der Waals surface area contributed by atoms with Crippen molar-refractivity contribution in [1.29, 1.82) is 5.26 Å². The van der Waals surface area contributed by atoms with Crippen LogP contribution in [0.3, 0.4) is 0 Å². The number of pyridine rings is 1. The van der Waals surface area contributed by atoms with E-state index in [1.165, 1.54) is 28.8 Å². The lowest BCUT2D eigenvalue weighted by Gasteiger charge is -2.35. The van der Waals surface area contributed by atoms with Crippen molar-refractivity contribution in [2.24, 2.45) is 7.05 Å². The molecule has 1 aromatic heterocycles. The molecule has 0 saturated carbocycles. The average molecular weight is 457 g/mol. The number of fused-ring (bicyclic) bond motifs is 1. The van der Waals surface area contributed by atoms with E-state index in [2.05, 4.69) is 10.8 Å². The molecule has 4 rings (SSSR count). The Morgan fingerprint density at radius 1 is 1.06 bits per heavy atom. The SMILES string of the molecule is Cc1ccc2c(N3CCC(Oc4ccc(OC(F)(F)F)cc4)CC3)c(C#N)c(=O)n(C)c2c1. The first-order valence-corrected chi connectivity index (χ1v) is 10.5. The van der Waals surface area contributed by atoms with Crippen LogP contribution in [0, 0.1) is 18.3 Å². The Hall–Kier alpha value is -3.67. The van der Waals surface area contributed by atoms with Gasteiger partial charge in [-0.05, 0) is 42.8 Å². The molecule has 0 radical (unpaired) electrons. The van der Waals surface area contributed by atoms with E-state index < -0.39 is 6.36 Å². The molecule has 9 heteroatoms. The van der Waals surface area contributed by atoms with Crippen molar-refractivity contribution in [2.75, 3.05) is 18.0 Å². The van der Waals surface area contributed by atoms with Crippen molar-refractivity contribution in [3.05, 3.63) is 63.9 Å². The van der Waals surface area contributed by atoms with E-state index in [0.29, 0.717) is 37.4 Å².